The van der Waals surface area contributed by atoms with Gasteiger partial charge in [-0.25, -0.2) is 8.42 Å². The summed E-state index contributed by atoms with van der Waals surface area (Å²) in [5.74, 6) is 0.273. The van der Waals surface area contributed by atoms with Gasteiger partial charge in [-0.3, -0.25) is 9.29 Å². The molecule has 1 aromatic carbocycles. The van der Waals surface area contributed by atoms with E-state index < -0.39 is 32.2 Å². The number of benzene rings is 1. The Bertz CT molecular complexity index is 968. The third-order valence-corrected chi connectivity index (χ3v) is 5.40. The van der Waals surface area contributed by atoms with Gasteiger partial charge in [0.2, 0.25) is 0 Å². The molecule has 25 heavy (non-hydrogen) atoms. The second-order valence-corrected chi connectivity index (χ2v) is 6.95. The SMILES string of the molecule is N#Cc1ccc(S(=O)(=O)N2CCOc3ccncc32)cc1C(F)(F)F. The molecule has 0 spiro atoms. The van der Waals surface area contributed by atoms with Crippen molar-refractivity contribution in [3.05, 3.63) is 47.8 Å². The summed E-state index contributed by atoms with van der Waals surface area (Å²) in [5, 5.41) is 8.82. The standard InChI is InChI=1S/C15H10F3N3O3S/c16-15(17,18)12-7-11(2-1-10(12)8-19)25(22,23)21-5-6-24-14-3-4-20-9-13(14)21/h1-4,7,9H,5-6H2. The molecule has 1 aliphatic rings. The van der Waals surface area contributed by atoms with Gasteiger partial charge in [0.1, 0.15) is 18.0 Å². The van der Waals surface area contributed by atoms with Crippen molar-refractivity contribution in [1.29, 1.82) is 5.26 Å². The van der Waals surface area contributed by atoms with Gasteiger partial charge in [0.15, 0.2) is 0 Å². The van der Waals surface area contributed by atoms with E-state index in [4.69, 9.17) is 10.00 Å². The van der Waals surface area contributed by atoms with E-state index in [0.717, 1.165) is 16.4 Å². The Labute approximate surface area is 141 Å². The predicted octanol–water partition coefficient (Wildman–Crippen LogP) is 2.56. The molecule has 0 atom stereocenters. The summed E-state index contributed by atoms with van der Waals surface area (Å²) < 4.78 is 71.2. The van der Waals surface area contributed by atoms with Crippen LogP contribution < -0.4 is 9.04 Å². The van der Waals surface area contributed by atoms with Crippen LogP contribution in [0.15, 0.2) is 41.6 Å². The molecule has 0 aliphatic carbocycles. The first kappa shape index (κ1) is 17.0. The van der Waals surface area contributed by atoms with Crippen LogP contribution in [0.25, 0.3) is 0 Å². The first-order valence-electron chi connectivity index (χ1n) is 6.96. The van der Waals surface area contributed by atoms with Crippen LogP contribution >= 0.6 is 0 Å². The van der Waals surface area contributed by atoms with Crippen molar-refractivity contribution < 1.29 is 26.3 Å². The lowest BCUT2D eigenvalue weighted by molar-refractivity contribution is -0.137. The molecule has 0 N–H and O–H groups in total. The monoisotopic (exact) mass is 369 g/mol. The number of hydrogen-bond donors (Lipinski definition) is 0. The Morgan fingerprint density at radius 2 is 2.04 bits per heavy atom. The smallest absolute Gasteiger partial charge is 0.417 e. The highest BCUT2D eigenvalue weighted by molar-refractivity contribution is 7.92. The van der Waals surface area contributed by atoms with Crippen molar-refractivity contribution in [2.75, 3.05) is 17.5 Å². The highest BCUT2D eigenvalue weighted by atomic mass is 32.2. The van der Waals surface area contributed by atoms with Crippen molar-refractivity contribution in [3.63, 3.8) is 0 Å². The van der Waals surface area contributed by atoms with E-state index in [1.807, 2.05) is 0 Å². The number of halogens is 3. The number of nitriles is 1. The maximum absolute atomic E-state index is 13.1. The van der Waals surface area contributed by atoms with E-state index in [1.165, 1.54) is 24.5 Å². The molecule has 1 aliphatic heterocycles. The lowest BCUT2D eigenvalue weighted by atomic mass is 10.1. The van der Waals surface area contributed by atoms with E-state index in [9.17, 15) is 21.6 Å². The Balaban J connectivity index is 2.13. The fraction of sp³-hybridized carbons (Fsp3) is 0.200. The van der Waals surface area contributed by atoms with Crippen LogP contribution in [-0.4, -0.2) is 26.6 Å². The predicted molar refractivity (Wildman–Crippen MR) is 80.4 cm³/mol. The van der Waals surface area contributed by atoms with Crippen molar-refractivity contribution in [1.82, 2.24) is 4.98 Å². The van der Waals surface area contributed by atoms with Gasteiger partial charge in [-0.15, -0.1) is 0 Å². The van der Waals surface area contributed by atoms with Crippen LogP contribution in [0.4, 0.5) is 18.9 Å². The molecule has 1 aromatic heterocycles. The number of anilines is 1. The molecule has 0 amide bonds. The molecule has 0 fully saturated rings. The second kappa shape index (κ2) is 5.93. The summed E-state index contributed by atoms with van der Waals surface area (Å²) in [6.07, 6.45) is -2.17. The number of fused-ring (bicyclic) bond motifs is 1. The first-order valence-corrected chi connectivity index (χ1v) is 8.40. The molecule has 130 valence electrons. The molecule has 3 rings (SSSR count). The average Bonchev–Trinajstić information content (AvgIpc) is 2.59. The number of nitrogens with zero attached hydrogens (tertiary/aromatic N) is 3. The Kier molecular flexibility index (Phi) is 4.04. The van der Waals surface area contributed by atoms with Gasteiger partial charge < -0.3 is 4.74 Å². The summed E-state index contributed by atoms with van der Waals surface area (Å²) in [4.78, 5) is 3.27. The average molecular weight is 369 g/mol. The van der Waals surface area contributed by atoms with E-state index in [2.05, 4.69) is 4.98 Å². The molecule has 0 unspecified atom stereocenters. The summed E-state index contributed by atoms with van der Waals surface area (Å²) in [6, 6.07) is 5.19. The van der Waals surface area contributed by atoms with Crippen molar-refractivity contribution in [3.8, 4) is 11.8 Å². The van der Waals surface area contributed by atoms with Gasteiger partial charge in [-0.05, 0) is 18.2 Å². The van der Waals surface area contributed by atoms with Gasteiger partial charge in [0.05, 0.1) is 34.8 Å². The summed E-state index contributed by atoms with van der Waals surface area (Å²) >= 11 is 0. The van der Waals surface area contributed by atoms with Gasteiger partial charge in [-0.1, -0.05) is 0 Å². The van der Waals surface area contributed by atoms with Crippen molar-refractivity contribution in [2.45, 2.75) is 11.1 Å². The quantitative estimate of drug-likeness (QED) is 0.812. The Hall–Kier alpha value is -2.80. The van der Waals surface area contributed by atoms with Gasteiger partial charge in [-0.2, -0.15) is 18.4 Å². The molecule has 0 saturated carbocycles. The summed E-state index contributed by atoms with van der Waals surface area (Å²) in [7, 11) is -4.28. The zero-order valence-corrected chi connectivity index (χ0v) is 13.3. The number of sulfonamides is 1. The molecule has 10 heteroatoms. The van der Waals surface area contributed by atoms with Crippen LogP contribution in [0.1, 0.15) is 11.1 Å². The Morgan fingerprint density at radius 1 is 1.28 bits per heavy atom. The number of pyridine rings is 1. The summed E-state index contributed by atoms with van der Waals surface area (Å²) in [6.45, 7) is -0.0129. The number of ether oxygens (including phenoxy) is 1. The van der Waals surface area contributed by atoms with Crippen LogP contribution in [0.5, 0.6) is 5.75 Å². The molecule has 2 heterocycles. The van der Waals surface area contributed by atoms with Crippen molar-refractivity contribution in [2.24, 2.45) is 0 Å². The maximum atomic E-state index is 13.1. The molecule has 0 saturated heterocycles. The Morgan fingerprint density at radius 3 is 2.72 bits per heavy atom. The van der Waals surface area contributed by atoms with Gasteiger partial charge in [0, 0.05) is 12.3 Å². The third-order valence-electron chi connectivity index (χ3n) is 3.59. The minimum Gasteiger partial charge on any atom is -0.489 e. The third kappa shape index (κ3) is 2.98. The fourth-order valence-electron chi connectivity index (χ4n) is 2.43. The molecule has 0 bridgehead atoms. The minimum atomic E-state index is -4.85. The van der Waals surface area contributed by atoms with Gasteiger partial charge in [0.25, 0.3) is 10.0 Å². The van der Waals surface area contributed by atoms with Crippen LogP contribution in [0, 0.1) is 11.3 Å². The molecule has 6 nitrogen and oxygen atoms in total. The maximum Gasteiger partial charge on any atom is 0.417 e. The zero-order valence-electron chi connectivity index (χ0n) is 12.5. The van der Waals surface area contributed by atoms with Crippen LogP contribution in [-0.2, 0) is 16.2 Å². The summed E-state index contributed by atoms with van der Waals surface area (Å²) in [5.41, 5.74) is -1.79. The molecule has 2 aromatic rings. The lowest BCUT2D eigenvalue weighted by Crippen LogP contribution is -2.38. The highest BCUT2D eigenvalue weighted by Gasteiger charge is 2.37. The number of rotatable bonds is 2. The van der Waals surface area contributed by atoms with E-state index in [0.29, 0.717) is 6.07 Å². The number of alkyl halides is 3. The number of aromatic nitrogens is 1. The van der Waals surface area contributed by atoms with Gasteiger partial charge >= 0.3 is 6.18 Å². The fourth-order valence-corrected chi connectivity index (χ4v) is 3.91. The first-order chi connectivity index (χ1) is 11.7. The van der Waals surface area contributed by atoms with E-state index >= 15 is 0 Å². The molecular formula is C15H10F3N3O3S. The number of hydrogen-bond acceptors (Lipinski definition) is 5. The second-order valence-electron chi connectivity index (χ2n) is 5.09. The largest absolute Gasteiger partial charge is 0.489 e. The molecular weight excluding hydrogens is 359 g/mol. The van der Waals surface area contributed by atoms with E-state index in [-0.39, 0.29) is 24.6 Å². The highest BCUT2D eigenvalue weighted by Crippen LogP contribution is 2.37. The zero-order chi connectivity index (χ0) is 18.2. The van der Waals surface area contributed by atoms with E-state index in [1.54, 1.807) is 0 Å². The lowest BCUT2D eigenvalue weighted by Gasteiger charge is -2.30. The normalized spacial score (nSPS) is 14.4. The van der Waals surface area contributed by atoms with Crippen molar-refractivity contribution >= 4 is 15.7 Å². The minimum absolute atomic E-state index is 0.0542. The molecule has 0 radical (unpaired) electrons. The van der Waals surface area contributed by atoms with Crippen LogP contribution in [0.2, 0.25) is 0 Å². The van der Waals surface area contributed by atoms with Crippen LogP contribution in [0.3, 0.4) is 0 Å². The topological polar surface area (TPSA) is 83.3 Å².